The third kappa shape index (κ3) is 13.0. The zero-order valence-electron chi connectivity index (χ0n) is 21.9. The van der Waals surface area contributed by atoms with E-state index in [9.17, 15) is 9.59 Å². The summed E-state index contributed by atoms with van der Waals surface area (Å²) in [6.45, 7) is 3.55. The van der Waals surface area contributed by atoms with E-state index in [0.29, 0.717) is 25.2 Å². The Bertz CT molecular complexity index is 892. The Labute approximate surface area is 217 Å². The zero-order valence-corrected chi connectivity index (χ0v) is 21.9. The first kappa shape index (κ1) is 29.0. The zero-order chi connectivity index (χ0) is 25.7. The lowest BCUT2D eigenvalue weighted by Crippen LogP contribution is -2.46. The molecule has 5 nitrogen and oxygen atoms in total. The monoisotopic (exact) mass is 489 g/mol. The van der Waals surface area contributed by atoms with Crippen molar-refractivity contribution in [2.75, 3.05) is 13.1 Å². The number of allylic oxidation sites excluding steroid dienone is 10. The van der Waals surface area contributed by atoms with Crippen LogP contribution in [-0.4, -0.2) is 40.8 Å². The molecule has 1 N–H and O–H groups in total. The van der Waals surface area contributed by atoms with Crippen molar-refractivity contribution >= 4 is 11.8 Å². The van der Waals surface area contributed by atoms with Gasteiger partial charge in [-0.15, -0.1) is 0 Å². The van der Waals surface area contributed by atoms with Gasteiger partial charge in [0.1, 0.15) is 5.69 Å². The van der Waals surface area contributed by atoms with Crippen molar-refractivity contribution in [3.05, 3.63) is 90.9 Å². The summed E-state index contributed by atoms with van der Waals surface area (Å²) in [5.74, 6) is 0.0780. The van der Waals surface area contributed by atoms with Gasteiger partial charge in [-0.1, -0.05) is 73.8 Å². The molecule has 1 aliphatic heterocycles. The van der Waals surface area contributed by atoms with E-state index in [1.54, 1.807) is 18.3 Å². The molecule has 0 bridgehead atoms. The number of unbranched alkanes of at least 4 members (excludes halogenated alkanes) is 1. The van der Waals surface area contributed by atoms with Crippen LogP contribution in [0.4, 0.5) is 0 Å². The molecule has 36 heavy (non-hydrogen) atoms. The van der Waals surface area contributed by atoms with Crippen LogP contribution in [-0.2, 0) is 4.79 Å². The number of aromatic nitrogens is 1. The van der Waals surface area contributed by atoms with Gasteiger partial charge in [0.2, 0.25) is 5.91 Å². The lowest BCUT2D eigenvalue weighted by Gasteiger charge is -2.32. The van der Waals surface area contributed by atoms with Gasteiger partial charge in [0, 0.05) is 31.7 Å². The summed E-state index contributed by atoms with van der Waals surface area (Å²) >= 11 is 0. The van der Waals surface area contributed by atoms with Crippen LogP contribution in [0.2, 0.25) is 0 Å². The van der Waals surface area contributed by atoms with Crippen LogP contribution in [0.5, 0.6) is 0 Å². The highest BCUT2D eigenvalue weighted by Gasteiger charge is 2.23. The fourth-order valence-electron chi connectivity index (χ4n) is 3.93. The van der Waals surface area contributed by atoms with Gasteiger partial charge in [0.25, 0.3) is 5.91 Å². The summed E-state index contributed by atoms with van der Waals surface area (Å²) in [5, 5.41) is 3.04. The number of nitrogens with zero attached hydrogens (tertiary/aromatic N) is 2. The van der Waals surface area contributed by atoms with Gasteiger partial charge < -0.3 is 10.2 Å². The number of rotatable bonds is 15. The molecular formula is C31H43N3O2. The molecule has 0 aromatic carbocycles. The Morgan fingerprint density at radius 3 is 2.03 bits per heavy atom. The van der Waals surface area contributed by atoms with E-state index in [1.165, 1.54) is 0 Å². The standard InChI is InChI=1S/C31H43N3O2/c1-2-3-4-5-6-7-8-9-10-11-12-13-14-15-16-17-18-22-30(35)34-26-23-28(24-27-34)33-31(36)29-21-19-20-25-32-29/h3-4,6-7,9-10,12-13,15-16,19-21,25,28H,2,5,8,11,14,17-18,22-24,26-27H2,1H3,(H,33,36). The third-order valence-corrected chi connectivity index (χ3v) is 6.00. The summed E-state index contributed by atoms with van der Waals surface area (Å²) in [6.07, 6.45) is 32.6. The van der Waals surface area contributed by atoms with E-state index in [4.69, 9.17) is 0 Å². The molecule has 2 amide bonds. The molecule has 1 aromatic heterocycles. The van der Waals surface area contributed by atoms with E-state index < -0.39 is 0 Å². The molecule has 1 saturated heterocycles. The number of pyridine rings is 1. The first-order chi connectivity index (χ1) is 17.7. The quantitative estimate of drug-likeness (QED) is 0.220. The van der Waals surface area contributed by atoms with Gasteiger partial charge in [-0.3, -0.25) is 14.6 Å². The first-order valence-corrected chi connectivity index (χ1v) is 13.4. The molecule has 2 rings (SSSR count). The molecule has 2 heterocycles. The Balaban J connectivity index is 1.47. The lowest BCUT2D eigenvalue weighted by atomic mass is 10.0. The normalized spacial score (nSPS) is 15.3. The maximum Gasteiger partial charge on any atom is 0.270 e. The fourth-order valence-corrected chi connectivity index (χ4v) is 3.93. The van der Waals surface area contributed by atoms with Crippen molar-refractivity contribution in [2.45, 2.75) is 77.2 Å². The van der Waals surface area contributed by atoms with Crippen LogP contribution in [0.1, 0.15) is 81.6 Å². The van der Waals surface area contributed by atoms with Crippen molar-refractivity contribution in [2.24, 2.45) is 0 Å². The van der Waals surface area contributed by atoms with Crippen LogP contribution in [0.3, 0.4) is 0 Å². The molecule has 0 aliphatic carbocycles. The van der Waals surface area contributed by atoms with Gasteiger partial charge in [0.05, 0.1) is 0 Å². The SMILES string of the molecule is CCC=CCC=CCC=CCC=CCC=CCCCC(=O)N1CCC(NC(=O)c2ccccn2)CC1. The van der Waals surface area contributed by atoms with Crippen molar-refractivity contribution in [1.82, 2.24) is 15.2 Å². The highest BCUT2D eigenvalue weighted by Crippen LogP contribution is 2.13. The predicted molar refractivity (Wildman–Crippen MR) is 150 cm³/mol. The Kier molecular flexibility index (Phi) is 15.3. The highest BCUT2D eigenvalue weighted by molar-refractivity contribution is 5.92. The molecule has 1 fully saturated rings. The van der Waals surface area contributed by atoms with Gasteiger partial charge in [-0.25, -0.2) is 0 Å². The number of amides is 2. The van der Waals surface area contributed by atoms with Crippen LogP contribution >= 0.6 is 0 Å². The van der Waals surface area contributed by atoms with E-state index in [0.717, 1.165) is 57.8 Å². The first-order valence-electron chi connectivity index (χ1n) is 13.4. The number of hydrogen-bond donors (Lipinski definition) is 1. The van der Waals surface area contributed by atoms with E-state index in [1.807, 2.05) is 11.0 Å². The van der Waals surface area contributed by atoms with Crippen molar-refractivity contribution in [3.8, 4) is 0 Å². The molecule has 1 aromatic rings. The van der Waals surface area contributed by atoms with Gasteiger partial charge in [0.15, 0.2) is 0 Å². The van der Waals surface area contributed by atoms with E-state index in [-0.39, 0.29) is 17.9 Å². The van der Waals surface area contributed by atoms with Crippen LogP contribution in [0, 0.1) is 0 Å². The van der Waals surface area contributed by atoms with E-state index >= 15 is 0 Å². The predicted octanol–water partition coefficient (Wildman–Crippen LogP) is 6.72. The number of carbonyl (C=O) groups excluding carboxylic acids is 2. The van der Waals surface area contributed by atoms with Crippen LogP contribution in [0.15, 0.2) is 85.2 Å². The minimum Gasteiger partial charge on any atom is -0.348 e. The molecule has 1 aliphatic rings. The summed E-state index contributed by atoms with van der Waals surface area (Å²) in [4.78, 5) is 30.8. The highest BCUT2D eigenvalue weighted by atomic mass is 16.2. The molecule has 0 saturated carbocycles. The average molecular weight is 490 g/mol. The maximum absolute atomic E-state index is 12.5. The summed E-state index contributed by atoms with van der Waals surface area (Å²) in [5.41, 5.74) is 0.436. The van der Waals surface area contributed by atoms with Crippen LogP contribution < -0.4 is 5.32 Å². The largest absolute Gasteiger partial charge is 0.348 e. The second-order valence-corrected chi connectivity index (χ2v) is 8.94. The summed E-state index contributed by atoms with van der Waals surface area (Å²) < 4.78 is 0. The number of hydrogen-bond acceptors (Lipinski definition) is 3. The second kappa shape index (κ2) is 19.0. The Morgan fingerprint density at radius 2 is 1.47 bits per heavy atom. The minimum atomic E-state index is -0.141. The molecule has 0 radical (unpaired) electrons. The number of likely N-dealkylation sites (tertiary alicyclic amines) is 1. The Morgan fingerprint density at radius 1 is 0.889 bits per heavy atom. The average Bonchev–Trinajstić information content (AvgIpc) is 2.91. The van der Waals surface area contributed by atoms with Crippen molar-refractivity contribution in [1.29, 1.82) is 0 Å². The third-order valence-electron chi connectivity index (χ3n) is 6.00. The summed E-state index contributed by atoms with van der Waals surface area (Å²) in [7, 11) is 0. The molecule has 0 spiro atoms. The van der Waals surface area contributed by atoms with Crippen molar-refractivity contribution < 1.29 is 9.59 Å². The lowest BCUT2D eigenvalue weighted by molar-refractivity contribution is -0.132. The number of carbonyl (C=O) groups is 2. The topological polar surface area (TPSA) is 62.3 Å². The smallest absolute Gasteiger partial charge is 0.270 e. The van der Waals surface area contributed by atoms with Gasteiger partial charge in [-0.2, -0.15) is 0 Å². The fraction of sp³-hybridized carbons (Fsp3) is 0.452. The molecule has 5 heteroatoms. The van der Waals surface area contributed by atoms with Crippen LogP contribution in [0.25, 0.3) is 0 Å². The number of nitrogens with one attached hydrogen (secondary N) is 1. The maximum atomic E-state index is 12.5. The van der Waals surface area contributed by atoms with E-state index in [2.05, 4.69) is 78.0 Å². The van der Waals surface area contributed by atoms with Gasteiger partial charge in [-0.05, 0) is 69.9 Å². The molecule has 0 atom stereocenters. The summed E-state index contributed by atoms with van der Waals surface area (Å²) in [6, 6.07) is 5.42. The Hall–Kier alpha value is -3.21. The molecular weight excluding hydrogens is 446 g/mol. The molecule has 0 unspecified atom stereocenters. The second-order valence-electron chi connectivity index (χ2n) is 8.94. The molecule has 194 valence electrons. The van der Waals surface area contributed by atoms with Crippen molar-refractivity contribution in [3.63, 3.8) is 0 Å². The minimum absolute atomic E-state index is 0.102. The number of piperidine rings is 1. The van der Waals surface area contributed by atoms with Gasteiger partial charge >= 0.3 is 0 Å².